The van der Waals surface area contributed by atoms with Crippen molar-refractivity contribution in [3.8, 4) is 0 Å². The van der Waals surface area contributed by atoms with Crippen molar-refractivity contribution < 1.29 is 30.6 Å². The van der Waals surface area contributed by atoms with Crippen LogP contribution in [-0.4, -0.2) is 49.5 Å². The molecule has 0 aliphatic rings. The van der Waals surface area contributed by atoms with E-state index in [4.69, 9.17) is 30.6 Å². The summed E-state index contributed by atoms with van der Waals surface area (Å²) in [6.07, 6.45) is -6.81. The monoisotopic (exact) mass is 182 g/mol. The molecule has 0 fully saturated rings. The van der Waals surface area contributed by atoms with E-state index in [0.717, 1.165) is 0 Å². The van der Waals surface area contributed by atoms with Crippen LogP contribution in [0.2, 0.25) is 0 Å². The molecule has 6 N–H and O–H groups in total. The molecule has 6 nitrogen and oxygen atoms in total. The molecule has 0 aromatic rings. The van der Waals surface area contributed by atoms with E-state index in [1.54, 1.807) is 0 Å². The molecule has 0 amide bonds. The molecule has 0 aromatic carbocycles. The minimum Gasteiger partial charge on any atom is -0.367 e. The maximum atomic E-state index is 8.72. The summed E-state index contributed by atoms with van der Waals surface area (Å²) >= 11 is 0. The predicted molar refractivity (Wildman–Crippen MR) is 37.4 cm³/mol. The van der Waals surface area contributed by atoms with E-state index in [9.17, 15) is 0 Å². The Morgan fingerprint density at radius 2 is 1.08 bits per heavy atom. The largest absolute Gasteiger partial charge is 0.367 e. The van der Waals surface area contributed by atoms with E-state index in [1.165, 1.54) is 6.92 Å². The third-order valence-corrected chi connectivity index (χ3v) is 2.05. The topological polar surface area (TPSA) is 121 Å². The molecule has 0 radical (unpaired) electrons. The fourth-order valence-electron chi connectivity index (χ4n) is 0.948. The summed E-state index contributed by atoms with van der Waals surface area (Å²) in [5, 5.41) is 52.3. The van der Waals surface area contributed by atoms with E-state index in [0.29, 0.717) is 0 Å². The van der Waals surface area contributed by atoms with E-state index >= 15 is 0 Å². The van der Waals surface area contributed by atoms with Gasteiger partial charge in [-0.15, -0.1) is 0 Å². The summed E-state index contributed by atoms with van der Waals surface area (Å²) in [6, 6.07) is 0. The van der Waals surface area contributed by atoms with Crippen molar-refractivity contribution in [3.05, 3.63) is 0 Å². The number of hydrogen-bond acceptors (Lipinski definition) is 6. The second kappa shape index (κ2) is 4.13. The lowest BCUT2D eigenvalue weighted by molar-refractivity contribution is -0.310. The lowest BCUT2D eigenvalue weighted by Crippen LogP contribution is -2.53. The lowest BCUT2D eigenvalue weighted by Gasteiger charge is -2.36. The fraction of sp³-hybridized carbons (Fsp3) is 1.00. The minimum absolute atomic E-state index is 0.194. The van der Waals surface area contributed by atoms with Gasteiger partial charge in [0.2, 0.25) is 0 Å². The van der Waals surface area contributed by atoms with Crippen LogP contribution in [0.25, 0.3) is 0 Å². The SMILES string of the molecule is CCC(C(O)O)(C(O)O)C(O)O. The Kier molecular flexibility index (Phi) is 4.04. The lowest BCUT2D eigenvalue weighted by atomic mass is 9.82. The fourth-order valence-corrected chi connectivity index (χ4v) is 0.948. The van der Waals surface area contributed by atoms with Gasteiger partial charge in [-0.3, -0.25) is 0 Å². The van der Waals surface area contributed by atoms with Crippen LogP contribution in [0.15, 0.2) is 0 Å². The van der Waals surface area contributed by atoms with Gasteiger partial charge in [0.25, 0.3) is 0 Å². The Hall–Kier alpha value is -0.240. The van der Waals surface area contributed by atoms with Crippen molar-refractivity contribution in [1.82, 2.24) is 0 Å². The van der Waals surface area contributed by atoms with Crippen LogP contribution in [0, 0.1) is 5.41 Å². The van der Waals surface area contributed by atoms with Gasteiger partial charge in [-0.25, -0.2) is 0 Å². The third-order valence-electron chi connectivity index (χ3n) is 2.05. The molecule has 0 aliphatic heterocycles. The van der Waals surface area contributed by atoms with Crippen molar-refractivity contribution in [2.45, 2.75) is 32.2 Å². The van der Waals surface area contributed by atoms with Gasteiger partial charge >= 0.3 is 0 Å². The number of rotatable bonds is 4. The van der Waals surface area contributed by atoms with Gasteiger partial charge in [0.1, 0.15) is 5.41 Å². The highest BCUT2D eigenvalue weighted by molar-refractivity contribution is 4.84. The summed E-state index contributed by atoms with van der Waals surface area (Å²) in [7, 11) is 0. The zero-order valence-corrected chi connectivity index (χ0v) is 6.62. The Morgan fingerprint density at radius 1 is 0.833 bits per heavy atom. The standard InChI is InChI=1S/C6H14O6/c1-2-6(3(7)8,4(9)10)5(11)12/h3-5,7-12H,2H2,1H3. The molecule has 0 rings (SSSR count). The quantitative estimate of drug-likeness (QED) is 0.263. The second-order valence-corrected chi connectivity index (χ2v) is 2.59. The molecule has 0 aliphatic carbocycles. The van der Waals surface area contributed by atoms with Crippen LogP contribution in [0.4, 0.5) is 0 Å². The molecule has 0 aromatic heterocycles. The van der Waals surface area contributed by atoms with E-state index in [2.05, 4.69) is 0 Å². The van der Waals surface area contributed by atoms with Crippen LogP contribution in [0.3, 0.4) is 0 Å². The molecule has 0 unspecified atom stereocenters. The highest BCUT2D eigenvalue weighted by Crippen LogP contribution is 2.31. The number of aliphatic hydroxyl groups excluding tert-OH is 3. The van der Waals surface area contributed by atoms with Gasteiger partial charge in [0.05, 0.1) is 0 Å². The van der Waals surface area contributed by atoms with Gasteiger partial charge in [-0.1, -0.05) is 6.92 Å². The molecule has 0 atom stereocenters. The van der Waals surface area contributed by atoms with Crippen molar-refractivity contribution in [3.63, 3.8) is 0 Å². The Morgan fingerprint density at radius 3 is 1.08 bits per heavy atom. The first-order valence-corrected chi connectivity index (χ1v) is 3.48. The van der Waals surface area contributed by atoms with Gasteiger partial charge in [0.15, 0.2) is 18.9 Å². The second-order valence-electron chi connectivity index (χ2n) is 2.59. The Labute approximate surface area is 69.3 Å². The highest BCUT2D eigenvalue weighted by Gasteiger charge is 2.48. The van der Waals surface area contributed by atoms with Crippen molar-refractivity contribution in [2.75, 3.05) is 0 Å². The first-order valence-electron chi connectivity index (χ1n) is 3.48. The van der Waals surface area contributed by atoms with Crippen LogP contribution in [0.5, 0.6) is 0 Å². The zero-order valence-electron chi connectivity index (χ0n) is 6.62. The van der Waals surface area contributed by atoms with Crippen LogP contribution in [-0.2, 0) is 0 Å². The highest BCUT2D eigenvalue weighted by atomic mass is 16.5. The van der Waals surface area contributed by atoms with Crippen LogP contribution < -0.4 is 0 Å². The average Bonchev–Trinajstić information content (AvgIpc) is 1.86. The van der Waals surface area contributed by atoms with Crippen LogP contribution in [0.1, 0.15) is 13.3 Å². The van der Waals surface area contributed by atoms with Gasteiger partial charge < -0.3 is 30.6 Å². The van der Waals surface area contributed by atoms with E-state index < -0.39 is 24.3 Å². The zero-order chi connectivity index (χ0) is 9.94. The van der Waals surface area contributed by atoms with E-state index in [1.807, 2.05) is 0 Å². The summed E-state index contributed by atoms with van der Waals surface area (Å²) in [6.45, 7) is 1.37. The summed E-state index contributed by atoms with van der Waals surface area (Å²) in [5.41, 5.74) is -2.12. The first kappa shape index (κ1) is 11.8. The first-order chi connectivity index (χ1) is 5.39. The molecule has 0 bridgehead atoms. The average molecular weight is 182 g/mol. The molecule has 12 heavy (non-hydrogen) atoms. The number of hydrogen-bond donors (Lipinski definition) is 6. The van der Waals surface area contributed by atoms with Crippen molar-refractivity contribution in [2.24, 2.45) is 5.41 Å². The molecule has 0 saturated carbocycles. The summed E-state index contributed by atoms with van der Waals surface area (Å²) in [5.74, 6) is 0. The molecule has 0 saturated heterocycles. The van der Waals surface area contributed by atoms with Gasteiger partial charge in [0, 0.05) is 0 Å². The van der Waals surface area contributed by atoms with E-state index in [-0.39, 0.29) is 6.42 Å². The molecule has 0 heterocycles. The third kappa shape index (κ3) is 1.74. The van der Waals surface area contributed by atoms with Crippen molar-refractivity contribution in [1.29, 1.82) is 0 Å². The molecule has 74 valence electrons. The Balaban J connectivity index is 4.77. The van der Waals surface area contributed by atoms with Gasteiger partial charge in [-0.2, -0.15) is 0 Å². The summed E-state index contributed by atoms with van der Waals surface area (Å²) < 4.78 is 0. The maximum absolute atomic E-state index is 8.72. The molecule has 0 spiro atoms. The maximum Gasteiger partial charge on any atom is 0.166 e. The predicted octanol–water partition coefficient (Wildman–Crippen LogP) is -2.69. The molecular weight excluding hydrogens is 168 g/mol. The minimum atomic E-state index is -2.21. The molecular formula is C6H14O6. The number of aliphatic hydroxyl groups is 6. The normalized spacial score (nSPS) is 13.5. The summed E-state index contributed by atoms with van der Waals surface area (Å²) in [4.78, 5) is 0. The van der Waals surface area contributed by atoms with Crippen molar-refractivity contribution >= 4 is 0 Å². The molecule has 6 heteroatoms. The van der Waals surface area contributed by atoms with Crippen LogP contribution >= 0.6 is 0 Å². The Bertz CT molecular complexity index is 110. The smallest absolute Gasteiger partial charge is 0.166 e. The van der Waals surface area contributed by atoms with Gasteiger partial charge in [-0.05, 0) is 6.42 Å².